The van der Waals surface area contributed by atoms with E-state index >= 15 is 0 Å². The van der Waals surface area contributed by atoms with Gasteiger partial charge in [0, 0.05) is 26.3 Å². The third-order valence-corrected chi connectivity index (χ3v) is 5.08. The van der Waals surface area contributed by atoms with Crippen LogP contribution >= 0.6 is 0 Å². The van der Waals surface area contributed by atoms with Gasteiger partial charge in [0.1, 0.15) is 5.69 Å². The fourth-order valence-corrected chi connectivity index (χ4v) is 3.52. The molecule has 3 aromatic rings. The molecule has 0 aliphatic carbocycles. The van der Waals surface area contributed by atoms with E-state index in [1.165, 1.54) is 10.9 Å². The van der Waals surface area contributed by atoms with Gasteiger partial charge in [0.2, 0.25) is 0 Å². The van der Waals surface area contributed by atoms with Crippen LogP contribution in [0.15, 0.2) is 15.9 Å². The zero-order valence-corrected chi connectivity index (χ0v) is 18.1. The van der Waals surface area contributed by atoms with Crippen molar-refractivity contribution in [3.05, 3.63) is 49.7 Å². The molecule has 0 saturated heterocycles. The zero-order valence-electron chi connectivity index (χ0n) is 18.1. The number of aromatic nitrogens is 5. The van der Waals surface area contributed by atoms with Crippen molar-refractivity contribution < 1.29 is 19.1 Å². The van der Waals surface area contributed by atoms with Crippen molar-refractivity contribution in [2.24, 2.45) is 14.1 Å². The van der Waals surface area contributed by atoms with Crippen LogP contribution in [-0.4, -0.2) is 48.8 Å². The molecule has 11 nitrogen and oxygen atoms in total. The highest BCUT2D eigenvalue weighted by molar-refractivity contribution is 5.98. The number of carbonyl (C=O) groups excluding carboxylic acids is 2. The van der Waals surface area contributed by atoms with Crippen molar-refractivity contribution in [2.45, 2.75) is 33.7 Å². The average Bonchev–Trinajstić information content (AvgIpc) is 3.25. The molecule has 0 radical (unpaired) electrons. The molecule has 0 fully saturated rings. The van der Waals surface area contributed by atoms with Crippen molar-refractivity contribution >= 4 is 23.1 Å². The molecule has 3 aromatic heterocycles. The van der Waals surface area contributed by atoms with Crippen molar-refractivity contribution in [1.29, 1.82) is 0 Å². The van der Waals surface area contributed by atoms with Crippen molar-refractivity contribution in [2.75, 3.05) is 13.2 Å². The standard InChI is InChI=1S/C20H25N5O6/c1-6-30-18(27)13-11(2)14(22-12(13)3)19(28)31-9-7-8-25-17(26)15-16(21-10-23(15)4)24(5)20(25)29/h10,22H,6-9H2,1-5H3. The molecular formula is C20H25N5O6. The van der Waals surface area contributed by atoms with E-state index in [9.17, 15) is 19.2 Å². The fraction of sp³-hybridized carbons (Fsp3) is 0.450. The summed E-state index contributed by atoms with van der Waals surface area (Å²) in [5, 5.41) is 0. The summed E-state index contributed by atoms with van der Waals surface area (Å²) >= 11 is 0. The predicted octanol–water partition coefficient (Wildman–Crippen LogP) is 0.802. The summed E-state index contributed by atoms with van der Waals surface area (Å²) in [5.41, 5.74) is 1.16. The van der Waals surface area contributed by atoms with E-state index < -0.39 is 23.2 Å². The summed E-state index contributed by atoms with van der Waals surface area (Å²) in [6.07, 6.45) is 1.73. The van der Waals surface area contributed by atoms with Crippen LogP contribution < -0.4 is 11.2 Å². The Morgan fingerprint density at radius 2 is 1.84 bits per heavy atom. The maximum atomic E-state index is 12.7. The Bertz CT molecular complexity index is 1280. The third-order valence-electron chi connectivity index (χ3n) is 5.08. The number of fused-ring (bicyclic) bond motifs is 1. The third kappa shape index (κ3) is 3.90. The molecule has 0 spiro atoms. The Labute approximate surface area is 177 Å². The lowest BCUT2D eigenvalue weighted by Crippen LogP contribution is -2.39. The lowest BCUT2D eigenvalue weighted by Gasteiger charge is -2.09. The van der Waals surface area contributed by atoms with E-state index in [0.717, 1.165) is 4.57 Å². The van der Waals surface area contributed by atoms with Gasteiger partial charge in [-0.05, 0) is 32.8 Å². The fourth-order valence-electron chi connectivity index (χ4n) is 3.52. The molecule has 31 heavy (non-hydrogen) atoms. The van der Waals surface area contributed by atoms with Gasteiger partial charge in [-0.1, -0.05) is 0 Å². The van der Waals surface area contributed by atoms with Gasteiger partial charge in [-0.3, -0.25) is 13.9 Å². The number of imidazole rings is 1. The maximum absolute atomic E-state index is 12.7. The first-order valence-electron chi connectivity index (χ1n) is 9.83. The summed E-state index contributed by atoms with van der Waals surface area (Å²) < 4.78 is 14.3. The Balaban J connectivity index is 1.70. The largest absolute Gasteiger partial charge is 0.462 e. The molecule has 166 valence electrons. The van der Waals surface area contributed by atoms with Gasteiger partial charge in [0.05, 0.1) is 25.1 Å². The van der Waals surface area contributed by atoms with Crippen molar-refractivity contribution in [3.8, 4) is 0 Å². The molecule has 0 bridgehead atoms. The molecule has 0 aliphatic rings. The molecule has 3 heterocycles. The Morgan fingerprint density at radius 1 is 1.13 bits per heavy atom. The van der Waals surface area contributed by atoms with Gasteiger partial charge in [-0.15, -0.1) is 0 Å². The SMILES string of the molecule is CCOC(=O)c1c(C)[nH]c(C(=O)OCCCn2c(=O)c3c(ncn3C)n(C)c2=O)c1C. The number of rotatable bonds is 7. The summed E-state index contributed by atoms with van der Waals surface area (Å²) in [7, 11) is 3.23. The van der Waals surface area contributed by atoms with Gasteiger partial charge in [0.15, 0.2) is 11.2 Å². The molecule has 0 aliphatic heterocycles. The number of ether oxygens (including phenoxy) is 2. The quantitative estimate of drug-likeness (QED) is 0.433. The van der Waals surface area contributed by atoms with Gasteiger partial charge in [-0.2, -0.15) is 0 Å². The first-order chi connectivity index (χ1) is 14.7. The average molecular weight is 431 g/mol. The second kappa shape index (κ2) is 8.62. The van der Waals surface area contributed by atoms with Crippen molar-refractivity contribution in [1.82, 2.24) is 23.7 Å². The Hall–Kier alpha value is -3.63. The van der Waals surface area contributed by atoms with Crippen LogP contribution in [0.3, 0.4) is 0 Å². The molecule has 1 N–H and O–H groups in total. The normalized spacial score (nSPS) is 11.1. The lowest BCUT2D eigenvalue weighted by molar-refractivity contribution is 0.0488. The van der Waals surface area contributed by atoms with Gasteiger partial charge in [-0.25, -0.2) is 19.4 Å². The van der Waals surface area contributed by atoms with Gasteiger partial charge in [0.25, 0.3) is 5.56 Å². The van der Waals surface area contributed by atoms with Crippen LogP contribution in [-0.2, 0) is 30.1 Å². The number of carbonyl (C=O) groups is 2. The number of aromatic amines is 1. The summed E-state index contributed by atoms with van der Waals surface area (Å²) in [5.74, 6) is -1.13. The molecule has 0 unspecified atom stereocenters. The molecule has 0 saturated carbocycles. The monoisotopic (exact) mass is 431 g/mol. The Kier molecular flexibility index (Phi) is 6.14. The molecule has 3 rings (SSSR count). The van der Waals surface area contributed by atoms with Gasteiger partial charge < -0.3 is 19.0 Å². The van der Waals surface area contributed by atoms with Crippen molar-refractivity contribution in [3.63, 3.8) is 0 Å². The van der Waals surface area contributed by atoms with Crippen LogP contribution in [0.1, 0.15) is 45.4 Å². The zero-order chi connectivity index (χ0) is 22.9. The number of esters is 2. The van der Waals surface area contributed by atoms with Crippen LogP contribution in [0.2, 0.25) is 0 Å². The molecule has 0 amide bonds. The highest BCUT2D eigenvalue weighted by atomic mass is 16.5. The van der Waals surface area contributed by atoms with E-state index in [4.69, 9.17) is 9.47 Å². The number of hydrogen-bond acceptors (Lipinski definition) is 7. The minimum absolute atomic E-state index is 0.00982. The van der Waals surface area contributed by atoms with E-state index in [0.29, 0.717) is 28.0 Å². The smallest absolute Gasteiger partial charge is 0.355 e. The molecular weight excluding hydrogens is 406 g/mol. The summed E-state index contributed by atoms with van der Waals surface area (Å²) in [6.45, 7) is 5.31. The first kappa shape index (κ1) is 22.1. The number of H-pyrrole nitrogens is 1. The highest BCUT2D eigenvalue weighted by Crippen LogP contribution is 2.20. The van der Waals surface area contributed by atoms with Gasteiger partial charge >= 0.3 is 17.6 Å². The number of nitrogens with one attached hydrogen (secondary N) is 1. The Morgan fingerprint density at radius 3 is 2.52 bits per heavy atom. The number of hydrogen-bond donors (Lipinski definition) is 1. The first-order valence-corrected chi connectivity index (χ1v) is 9.83. The predicted molar refractivity (Wildman–Crippen MR) is 111 cm³/mol. The summed E-state index contributed by atoms with van der Waals surface area (Å²) in [6, 6.07) is 0. The van der Waals surface area contributed by atoms with Crippen LogP contribution in [0.4, 0.5) is 0 Å². The topological polar surface area (TPSA) is 130 Å². The molecule has 0 atom stereocenters. The minimum Gasteiger partial charge on any atom is -0.462 e. The van der Waals surface area contributed by atoms with E-state index in [1.54, 1.807) is 39.4 Å². The molecule has 11 heteroatoms. The van der Waals surface area contributed by atoms with E-state index in [2.05, 4.69) is 9.97 Å². The highest BCUT2D eigenvalue weighted by Gasteiger charge is 2.23. The van der Waals surface area contributed by atoms with Crippen LogP contribution in [0.25, 0.3) is 11.2 Å². The van der Waals surface area contributed by atoms with Crippen LogP contribution in [0, 0.1) is 13.8 Å². The van der Waals surface area contributed by atoms with Crippen LogP contribution in [0.5, 0.6) is 0 Å². The second-order valence-corrected chi connectivity index (χ2v) is 7.16. The second-order valence-electron chi connectivity index (χ2n) is 7.16. The lowest BCUT2D eigenvalue weighted by atomic mass is 10.1. The number of nitrogens with zero attached hydrogens (tertiary/aromatic N) is 4. The van der Waals surface area contributed by atoms with E-state index in [-0.39, 0.29) is 31.9 Å². The minimum atomic E-state index is -0.626. The molecule has 0 aromatic carbocycles. The summed E-state index contributed by atoms with van der Waals surface area (Å²) in [4.78, 5) is 56.6. The number of aryl methyl sites for hydroxylation is 3. The maximum Gasteiger partial charge on any atom is 0.355 e. The van der Waals surface area contributed by atoms with E-state index in [1.807, 2.05) is 0 Å².